The van der Waals surface area contributed by atoms with E-state index >= 15 is 0 Å². The summed E-state index contributed by atoms with van der Waals surface area (Å²) in [5.41, 5.74) is -0.117. The van der Waals surface area contributed by atoms with Gasteiger partial charge in [-0.1, -0.05) is 17.7 Å². The first-order chi connectivity index (χ1) is 14.4. The molecule has 1 aliphatic rings. The van der Waals surface area contributed by atoms with E-state index in [2.05, 4.69) is 5.32 Å². The predicted octanol–water partition coefficient (Wildman–Crippen LogP) is 4.04. The van der Waals surface area contributed by atoms with Crippen LogP contribution in [0.1, 0.15) is 24.8 Å². The Morgan fingerprint density at radius 1 is 1.10 bits per heavy atom. The lowest BCUT2D eigenvalue weighted by Crippen LogP contribution is -2.34. The number of carbonyl (C=O) groups excluding carboxylic acids is 2. The zero-order chi connectivity index (χ0) is 21.9. The number of ether oxygens (including phenoxy) is 4. The van der Waals surface area contributed by atoms with E-state index in [4.69, 9.17) is 30.5 Å². The van der Waals surface area contributed by atoms with Gasteiger partial charge in [0.15, 0.2) is 16.9 Å². The second kappa shape index (κ2) is 8.83. The average Bonchev–Trinajstić information content (AvgIpc) is 3.50. The van der Waals surface area contributed by atoms with E-state index in [9.17, 15) is 9.59 Å². The zero-order valence-electron chi connectivity index (χ0n) is 17.3. The van der Waals surface area contributed by atoms with Crippen LogP contribution in [0.2, 0.25) is 5.02 Å². The van der Waals surface area contributed by atoms with Gasteiger partial charge < -0.3 is 24.3 Å². The third kappa shape index (κ3) is 3.89. The molecule has 1 N–H and O–H groups in total. The molecule has 2 atom stereocenters. The lowest BCUT2D eigenvalue weighted by molar-refractivity contribution is -0.153. The van der Waals surface area contributed by atoms with E-state index < -0.39 is 23.2 Å². The Bertz CT molecular complexity index is 937. The number of hydrogen-bond acceptors (Lipinski definition) is 6. The maximum absolute atomic E-state index is 13.2. The van der Waals surface area contributed by atoms with Crippen molar-refractivity contribution in [3.05, 3.63) is 47.0 Å². The molecule has 0 radical (unpaired) electrons. The van der Waals surface area contributed by atoms with Crippen molar-refractivity contribution in [3.63, 3.8) is 0 Å². The molecular weight excluding hydrogens is 410 g/mol. The fraction of sp³-hybridized carbons (Fsp3) is 0.364. The van der Waals surface area contributed by atoms with Gasteiger partial charge in [0.2, 0.25) is 11.7 Å². The maximum atomic E-state index is 13.2. The van der Waals surface area contributed by atoms with E-state index in [0.29, 0.717) is 34.4 Å². The second-order valence-corrected chi connectivity index (χ2v) is 7.31. The van der Waals surface area contributed by atoms with Crippen molar-refractivity contribution >= 4 is 29.2 Å². The van der Waals surface area contributed by atoms with Gasteiger partial charge in [0.1, 0.15) is 0 Å². The van der Waals surface area contributed by atoms with Crippen LogP contribution in [0.5, 0.6) is 17.2 Å². The van der Waals surface area contributed by atoms with E-state index in [1.54, 1.807) is 43.3 Å². The summed E-state index contributed by atoms with van der Waals surface area (Å²) in [6.07, 6.45) is 0.302. The van der Waals surface area contributed by atoms with Crippen LogP contribution in [-0.2, 0) is 14.3 Å². The van der Waals surface area contributed by atoms with Gasteiger partial charge in [-0.15, -0.1) is 0 Å². The van der Waals surface area contributed by atoms with Crippen molar-refractivity contribution in [2.24, 2.45) is 5.41 Å². The monoisotopic (exact) mass is 433 g/mol. The highest BCUT2D eigenvalue weighted by atomic mass is 35.5. The van der Waals surface area contributed by atoms with E-state index in [1.165, 1.54) is 21.3 Å². The summed E-state index contributed by atoms with van der Waals surface area (Å²) in [5, 5.41) is 3.27. The zero-order valence-corrected chi connectivity index (χ0v) is 18.0. The molecule has 0 saturated heterocycles. The van der Waals surface area contributed by atoms with Gasteiger partial charge in [-0.05, 0) is 49.2 Å². The molecule has 0 spiro atoms. The Balaban J connectivity index is 1.97. The molecular formula is C22H24ClNO6. The molecule has 2 aromatic carbocycles. The summed E-state index contributed by atoms with van der Waals surface area (Å²) < 4.78 is 21.4. The first kappa shape index (κ1) is 21.8. The van der Waals surface area contributed by atoms with Crippen molar-refractivity contribution in [2.75, 3.05) is 33.3 Å². The van der Waals surface area contributed by atoms with Crippen LogP contribution in [-0.4, -0.2) is 39.8 Å². The third-order valence-electron chi connectivity index (χ3n) is 5.18. The minimum atomic E-state index is -1.34. The van der Waals surface area contributed by atoms with Crippen LogP contribution in [0.15, 0.2) is 36.4 Å². The molecule has 0 heterocycles. The molecule has 1 aliphatic carbocycles. The summed E-state index contributed by atoms with van der Waals surface area (Å²) in [5.74, 6) is -0.0669. The molecule has 1 saturated carbocycles. The molecule has 8 heteroatoms. The lowest BCUT2D eigenvalue weighted by Gasteiger charge is -2.18. The molecule has 1 amide bonds. The van der Waals surface area contributed by atoms with Crippen molar-refractivity contribution in [1.29, 1.82) is 0 Å². The normalized spacial score (nSPS) is 19.6. The van der Waals surface area contributed by atoms with Gasteiger partial charge in [0.05, 0.1) is 27.9 Å². The Morgan fingerprint density at radius 3 is 2.30 bits per heavy atom. The van der Waals surface area contributed by atoms with Crippen molar-refractivity contribution in [2.45, 2.75) is 19.3 Å². The van der Waals surface area contributed by atoms with Gasteiger partial charge in [-0.3, -0.25) is 9.59 Å². The highest BCUT2D eigenvalue weighted by Gasteiger charge is 2.67. The summed E-state index contributed by atoms with van der Waals surface area (Å²) in [6, 6.07) is 10.3. The number of halogens is 1. The fourth-order valence-corrected chi connectivity index (χ4v) is 3.80. The van der Waals surface area contributed by atoms with Crippen LogP contribution in [0.4, 0.5) is 5.69 Å². The molecule has 160 valence electrons. The summed E-state index contributed by atoms with van der Waals surface area (Å²) >= 11 is 6.01. The topological polar surface area (TPSA) is 83.1 Å². The van der Waals surface area contributed by atoms with Gasteiger partial charge in [-0.2, -0.15) is 0 Å². The summed E-state index contributed by atoms with van der Waals surface area (Å²) in [4.78, 5) is 26.0. The maximum Gasteiger partial charge on any atom is 0.322 e. The quantitative estimate of drug-likeness (QED) is 0.499. The number of benzene rings is 2. The van der Waals surface area contributed by atoms with Gasteiger partial charge >= 0.3 is 5.97 Å². The van der Waals surface area contributed by atoms with E-state index in [0.717, 1.165) is 5.56 Å². The van der Waals surface area contributed by atoms with Crippen molar-refractivity contribution in [1.82, 2.24) is 0 Å². The molecule has 2 aromatic rings. The first-order valence-corrected chi connectivity index (χ1v) is 9.83. The molecule has 0 aliphatic heterocycles. The van der Waals surface area contributed by atoms with E-state index in [1.807, 2.05) is 0 Å². The number of esters is 1. The van der Waals surface area contributed by atoms with Crippen LogP contribution < -0.4 is 19.5 Å². The molecule has 30 heavy (non-hydrogen) atoms. The highest BCUT2D eigenvalue weighted by Crippen LogP contribution is 2.62. The predicted molar refractivity (Wildman–Crippen MR) is 113 cm³/mol. The fourth-order valence-electron chi connectivity index (χ4n) is 3.61. The standard InChI is InChI=1S/C22H24ClNO6/c1-5-30-21(26)22(20(25)24-15-8-6-7-14(23)11-15)12-16(22)13-9-17(27-2)19(29-4)18(10-13)28-3/h6-11,16H,5,12H2,1-4H3,(H,24,25)/t16-,22-/m0/s1. The molecule has 1 fully saturated rings. The van der Waals surface area contributed by atoms with Crippen molar-refractivity contribution < 1.29 is 28.5 Å². The van der Waals surface area contributed by atoms with Gasteiger partial charge in [-0.25, -0.2) is 0 Å². The smallest absolute Gasteiger partial charge is 0.322 e. The Kier molecular flexibility index (Phi) is 6.41. The summed E-state index contributed by atoms with van der Waals surface area (Å²) in [6.45, 7) is 1.88. The number of anilines is 1. The molecule has 0 bridgehead atoms. The van der Waals surface area contributed by atoms with Crippen LogP contribution in [0.25, 0.3) is 0 Å². The number of rotatable bonds is 8. The molecule has 7 nitrogen and oxygen atoms in total. The Hall–Kier alpha value is -2.93. The molecule has 0 aromatic heterocycles. The minimum Gasteiger partial charge on any atom is -0.493 e. The number of nitrogens with one attached hydrogen (secondary N) is 1. The van der Waals surface area contributed by atoms with Gasteiger partial charge in [0.25, 0.3) is 0 Å². The number of amides is 1. The Labute approximate surface area is 180 Å². The van der Waals surface area contributed by atoms with Crippen LogP contribution in [0, 0.1) is 5.41 Å². The lowest BCUT2D eigenvalue weighted by atomic mass is 9.97. The number of hydrogen-bond donors (Lipinski definition) is 1. The number of carbonyl (C=O) groups is 2. The minimum absolute atomic E-state index is 0.174. The summed E-state index contributed by atoms with van der Waals surface area (Å²) in [7, 11) is 4.54. The largest absolute Gasteiger partial charge is 0.493 e. The van der Waals surface area contributed by atoms with Crippen LogP contribution >= 0.6 is 11.6 Å². The third-order valence-corrected chi connectivity index (χ3v) is 5.41. The molecule has 3 rings (SSSR count). The number of methoxy groups -OCH3 is 3. The van der Waals surface area contributed by atoms with Crippen molar-refractivity contribution in [3.8, 4) is 17.2 Å². The van der Waals surface area contributed by atoms with Gasteiger partial charge in [0, 0.05) is 16.6 Å². The molecule has 0 unspecified atom stereocenters. The second-order valence-electron chi connectivity index (χ2n) is 6.87. The van der Waals surface area contributed by atoms with E-state index in [-0.39, 0.29) is 6.61 Å². The first-order valence-electron chi connectivity index (χ1n) is 9.45. The Morgan fingerprint density at radius 2 is 1.77 bits per heavy atom. The average molecular weight is 434 g/mol. The highest BCUT2D eigenvalue weighted by molar-refractivity contribution is 6.31. The van der Waals surface area contributed by atoms with Crippen LogP contribution in [0.3, 0.4) is 0 Å². The SMILES string of the molecule is CCOC(=O)[C@@]1(C(=O)Nc2cccc(Cl)c2)C[C@H]1c1cc(OC)c(OC)c(OC)c1.